The molecule has 2 aromatic rings. The molecule has 0 amide bonds. The van der Waals surface area contributed by atoms with Gasteiger partial charge in [0.25, 0.3) is 10.0 Å². The maximum atomic E-state index is 12.4. The van der Waals surface area contributed by atoms with Crippen LogP contribution in [0.3, 0.4) is 0 Å². The van der Waals surface area contributed by atoms with E-state index in [-0.39, 0.29) is 10.7 Å². The Morgan fingerprint density at radius 3 is 2.86 bits per heavy atom. The summed E-state index contributed by atoms with van der Waals surface area (Å²) in [6, 6.07) is 8.24. The van der Waals surface area contributed by atoms with Crippen LogP contribution in [0, 0.1) is 0 Å². The van der Waals surface area contributed by atoms with E-state index < -0.39 is 10.0 Å². The van der Waals surface area contributed by atoms with Crippen LogP contribution < -0.4 is 10.0 Å². The highest BCUT2D eigenvalue weighted by Crippen LogP contribution is 2.26. The summed E-state index contributed by atoms with van der Waals surface area (Å²) < 4.78 is 27.2. The third-order valence-electron chi connectivity index (χ3n) is 3.30. The molecule has 7 heteroatoms. The number of pyridine rings is 1. The summed E-state index contributed by atoms with van der Waals surface area (Å²) >= 11 is 5.73. The Hall–Kier alpha value is -1.79. The summed E-state index contributed by atoms with van der Waals surface area (Å²) in [6.45, 7) is 0.864. The van der Waals surface area contributed by atoms with Gasteiger partial charge >= 0.3 is 0 Å². The topological polar surface area (TPSA) is 71.1 Å². The minimum Gasteiger partial charge on any atom is -0.385 e. The first-order valence-corrected chi connectivity index (χ1v) is 8.42. The largest absolute Gasteiger partial charge is 0.385 e. The number of sulfonamides is 1. The van der Waals surface area contributed by atoms with Gasteiger partial charge in [-0.15, -0.1) is 0 Å². The summed E-state index contributed by atoms with van der Waals surface area (Å²) in [5, 5.41) is 3.68. The summed E-state index contributed by atoms with van der Waals surface area (Å²) in [6.07, 6.45) is 3.43. The SMILES string of the molecule is O=S(=O)(Nc1ccc(Cl)cn1)c1ccc2c(c1)NCCC2. The van der Waals surface area contributed by atoms with Crippen molar-refractivity contribution < 1.29 is 8.42 Å². The van der Waals surface area contributed by atoms with Gasteiger partial charge in [-0.05, 0) is 42.7 Å². The molecule has 1 aliphatic rings. The molecule has 0 saturated heterocycles. The van der Waals surface area contributed by atoms with E-state index in [1.165, 1.54) is 12.3 Å². The Balaban J connectivity index is 1.89. The van der Waals surface area contributed by atoms with E-state index in [9.17, 15) is 8.42 Å². The number of hydrogen-bond donors (Lipinski definition) is 2. The Kier molecular flexibility index (Phi) is 3.73. The molecule has 0 aliphatic carbocycles. The quantitative estimate of drug-likeness (QED) is 0.911. The lowest BCUT2D eigenvalue weighted by Gasteiger charge is -2.18. The van der Waals surface area contributed by atoms with Crippen LogP contribution in [-0.4, -0.2) is 19.9 Å². The van der Waals surface area contributed by atoms with Crippen molar-refractivity contribution in [3.8, 4) is 0 Å². The Bertz CT molecular complexity index is 760. The van der Waals surface area contributed by atoms with Crippen molar-refractivity contribution >= 4 is 33.1 Å². The molecule has 0 spiro atoms. The Labute approximate surface area is 128 Å². The number of rotatable bonds is 3. The van der Waals surface area contributed by atoms with Gasteiger partial charge in [0.2, 0.25) is 0 Å². The lowest BCUT2D eigenvalue weighted by molar-refractivity contribution is 0.601. The van der Waals surface area contributed by atoms with Gasteiger partial charge in [-0.1, -0.05) is 17.7 Å². The van der Waals surface area contributed by atoms with Crippen LogP contribution in [0.25, 0.3) is 0 Å². The minimum atomic E-state index is -3.66. The monoisotopic (exact) mass is 323 g/mol. The fourth-order valence-electron chi connectivity index (χ4n) is 2.24. The first-order valence-electron chi connectivity index (χ1n) is 6.56. The molecule has 3 rings (SSSR count). The highest BCUT2D eigenvalue weighted by molar-refractivity contribution is 7.92. The molecular formula is C14H14ClN3O2S. The molecule has 5 nitrogen and oxygen atoms in total. The van der Waals surface area contributed by atoms with Gasteiger partial charge in [0.05, 0.1) is 9.92 Å². The van der Waals surface area contributed by atoms with Gasteiger partial charge < -0.3 is 5.32 Å². The zero-order chi connectivity index (χ0) is 14.9. The van der Waals surface area contributed by atoms with Crippen molar-refractivity contribution in [2.75, 3.05) is 16.6 Å². The first kappa shape index (κ1) is 14.2. The van der Waals surface area contributed by atoms with Crippen LogP contribution >= 0.6 is 11.6 Å². The predicted molar refractivity (Wildman–Crippen MR) is 83.3 cm³/mol. The average Bonchev–Trinajstić information content (AvgIpc) is 2.49. The van der Waals surface area contributed by atoms with Gasteiger partial charge in [0.15, 0.2) is 0 Å². The summed E-state index contributed by atoms with van der Waals surface area (Å²) in [7, 11) is -3.66. The molecule has 1 aromatic heterocycles. The second-order valence-corrected chi connectivity index (χ2v) is 6.94. The van der Waals surface area contributed by atoms with Crippen molar-refractivity contribution in [1.82, 2.24) is 4.98 Å². The fourth-order valence-corrected chi connectivity index (χ4v) is 3.39. The van der Waals surface area contributed by atoms with Gasteiger partial charge in [-0.3, -0.25) is 4.72 Å². The van der Waals surface area contributed by atoms with Crippen LogP contribution in [0.2, 0.25) is 5.02 Å². The van der Waals surface area contributed by atoms with E-state index in [2.05, 4.69) is 15.0 Å². The van der Waals surface area contributed by atoms with Crippen LogP contribution in [0.1, 0.15) is 12.0 Å². The maximum absolute atomic E-state index is 12.4. The maximum Gasteiger partial charge on any atom is 0.263 e. The molecule has 2 heterocycles. The van der Waals surface area contributed by atoms with Crippen LogP contribution in [-0.2, 0) is 16.4 Å². The lowest BCUT2D eigenvalue weighted by atomic mass is 10.0. The van der Waals surface area contributed by atoms with Crippen molar-refractivity contribution in [2.45, 2.75) is 17.7 Å². The molecule has 0 saturated carbocycles. The van der Waals surface area contributed by atoms with Crippen molar-refractivity contribution in [2.24, 2.45) is 0 Å². The summed E-state index contributed by atoms with van der Waals surface area (Å²) in [5.41, 5.74) is 2.03. The molecule has 0 bridgehead atoms. The predicted octanol–water partition coefficient (Wildman–Crippen LogP) is 2.89. The van der Waals surface area contributed by atoms with E-state index in [1.54, 1.807) is 18.2 Å². The Morgan fingerprint density at radius 2 is 2.10 bits per heavy atom. The van der Waals surface area contributed by atoms with Crippen LogP contribution in [0.4, 0.5) is 11.5 Å². The molecule has 0 unspecified atom stereocenters. The second-order valence-electron chi connectivity index (χ2n) is 4.82. The third-order valence-corrected chi connectivity index (χ3v) is 4.87. The van der Waals surface area contributed by atoms with Gasteiger partial charge in [0, 0.05) is 18.4 Å². The molecule has 1 aromatic carbocycles. The number of fused-ring (bicyclic) bond motifs is 1. The number of benzene rings is 1. The van der Waals surface area contributed by atoms with Crippen LogP contribution in [0.15, 0.2) is 41.4 Å². The first-order chi connectivity index (χ1) is 10.0. The van der Waals surface area contributed by atoms with Crippen molar-refractivity contribution in [3.05, 3.63) is 47.1 Å². The number of aryl methyl sites for hydroxylation is 1. The average molecular weight is 324 g/mol. The Morgan fingerprint density at radius 1 is 1.24 bits per heavy atom. The number of aromatic nitrogens is 1. The molecular weight excluding hydrogens is 310 g/mol. The van der Waals surface area contributed by atoms with E-state index in [1.807, 2.05) is 6.07 Å². The van der Waals surface area contributed by atoms with Gasteiger partial charge in [0.1, 0.15) is 5.82 Å². The molecule has 0 radical (unpaired) electrons. The van der Waals surface area contributed by atoms with E-state index in [4.69, 9.17) is 11.6 Å². The van der Waals surface area contributed by atoms with E-state index in [0.29, 0.717) is 5.02 Å². The molecule has 0 fully saturated rings. The molecule has 1 aliphatic heterocycles. The van der Waals surface area contributed by atoms with Gasteiger partial charge in [-0.2, -0.15) is 0 Å². The summed E-state index contributed by atoms with van der Waals surface area (Å²) in [4.78, 5) is 4.15. The number of nitrogens with zero attached hydrogens (tertiary/aromatic N) is 1. The number of nitrogens with one attached hydrogen (secondary N) is 2. The minimum absolute atomic E-state index is 0.215. The number of anilines is 2. The standard InChI is InChI=1S/C14H14ClN3O2S/c15-11-4-6-14(17-9-11)18-21(19,20)12-5-3-10-2-1-7-16-13(10)8-12/h3-6,8-9,16H,1-2,7H2,(H,17,18). The lowest BCUT2D eigenvalue weighted by Crippen LogP contribution is -2.16. The van der Waals surface area contributed by atoms with E-state index in [0.717, 1.165) is 30.6 Å². The van der Waals surface area contributed by atoms with Crippen molar-refractivity contribution in [3.63, 3.8) is 0 Å². The summed E-state index contributed by atoms with van der Waals surface area (Å²) in [5.74, 6) is 0.241. The smallest absolute Gasteiger partial charge is 0.263 e. The third kappa shape index (κ3) is 3.11. The number of hydrogen-bond acceptors (Lipinski definition) is 4. The van der Waals surface area contributed by atoms with E-state index >= 15 is 0 Å². The molecule has 2 N–H and O–H groups in total. The highest BCUT2D eigenvalue weighted by atomic mass is 35.5. The molecule has 0 atom stereocenters. The second kappa shape index (κ2) is 5.54. The zero-order valence-corrected chi connectivity index (χ0v) is 12.7. The zero-order valence-electron chi connectivity index (χ0n) is 11.1. The fraction of sp³-hybridized carbons (Fsp3) is 0.214. The van der Waals surface area contributed by atoms with Crippen LogP contribution in [0.5, 0.6) is 0 Å². The molecule has 110 valence electrons. The molecule has 21 heavy (non-hydrogen) atoms. The highest BCUT2D eigenvalue weighted by Gasteiger charge is 2.18. The normalized spacial score (nSPS) is 14.1. The van der Waals surface area contributed by atoms with Gasteiger partial charge in [-0.25, -0.2) is 13.4 Å². The number of halogens is 1. The van der Waals surface area contributed by atoms with Crippen molar-refractivity contribution in [1.29, 1.82) is 0 Å².